The Morgan fingerprint density at radius 2 is 1.89 bits per heavy atom. The molecule has 2 fully saturated rings. The number of piperidine rings is 1. The molecule has 0 saturated carbocycles. The van der Waals surface area contributed by atoms with Gasteiger partial charge in [0.1, 0.15) is 6.07 Å². The Hall–Kier alpha value is -4.58. The highest BCUT2D eigenvalue weighted by atomic mass is 35.5. The summed E-state index contributed by atoms with van der Waals surface area (Å²) in [7, 11) is 0. The lowest BCUT2D eigenvalue weighted by atomic mass is 9.93. The predicted molar refractivity (Wildman–Crippen MR) is 158 cm³/mol. The standard InChI is InChI=1S/C30H30ClF2N7O5/c31-22-14-18(2-3-20(22)29(43)39-8-10-40(11-9-39)30(44)21-5-7-35-16-23(21)41)38-28(42)27-36-15-19(37-27)13-17-1-4-24(45-12-6-34)26(33)25(17)32/h1-4,14-15,21,23,35,41H,5,7-13,16H2,(H,36,37)(H,38,42)/t21-,23-/m1/s1. The van der Waals surface area contributed by atoms with Gasteiger partial charge in [0.25, 0.3) is 11.8 Å². The Morgan fingerprint density at radius 1 is 1.13 bits per heavy atom. The molecule has 0 radical (unpaired) electrons. The van der Waals surface area contributed by atoms with Gasteiger partial charge in [-0.2, -0.15) is 9.65 Å². The lowest BCUT2D eigenvalue weighted by Crippen LogP contribution is -2.55. The fourth-order valence-corrected chi connectivity index (χ4v) is 5.58. The van der Waals surface area contributed by atoms with Crippen LogP contribution in [0.25, 0.3) is 0 Å². The van der Waals surface area contributed by atoms with Crippen molar-refractivity contribution >= 4 is 35.0 Å². The molecule has 0 aliphatic carbocycles. The maximum atomic E-state index is 14.5. The third-order valence-electron chi connectivity index (χ3n) is 7.75. The normalized spacial score (nSPS) is 18.3. The van der Waals surface area contributed by atoms with Crippen molar-refractivity contribution in [3.63, 3.8) is 0 Å². The van der Waals surface area contributed by atoms with Crippen LogP contribution in [0.5, 0.6) is 5.75 Å². The highest BCUT2D eigenvalue weighted by Crippen LogP contribution is 2.26. The minimum Gasteiger partial charge on any atom is -0.476 e. The molecule has 0 spiro atoms. The summed E-state index contributed by atoms with van der Waals surface area (Å²) in [6, 6.07) is 8.67. The van der Waals surface area contributed by atoms with Gasteiger partial charge in [-0.25, -0.2) is 9.37 Å². The van der Waals surface area contributed by atoms with Crippen molar-refractivity contribution in [3.05, 3.63) is 75.8 Å². The molecule has 0 bridgehead atoms. The highest BCUT2D eigenvalue weighted by molar-refractivity contribution is 6.34. The van der Waals surface area contributed by atoms with E-state index in [0.717, 1.165) is 0 Å². The second-order valence-electron chi connectivity index (χ2n) is 10.7. The smallest absolute Gasteiger partial charge is 0.291 e. The average molecular weight is 642 g/mol. The molecule has 12 nitrogen and oxygen atoms in total. The van der Waals surface area contributed by atoms with E-state index in [0.29, 0.717) is 57.1 Å². The highest BCUT2D eigenvalue weighted by Gasteiger charge is 2.34. The van der Waals surface area contributed by atoms with E-state index in [1.165, 1.54) is 36.5 Å². The number of nitrogens with one attached hydrogen (secondary N) is 3. The second-order valence-corrected chi connectivity index (χ2v) is 11.1. The van der Waals surface area contributed by atoms with Crippen LogP contribution in [0, 0.1) is 28.9 Å². The van der Waals surface area contributed by atoms with Crippen LogP contribution in [0.1, 0.15) is 38.7 Å². The van der Waals surface area contributed by atoms with Crippen LogP contribution in [0.4, 0.5) is 14.5 Å². The van der Waals surface area contributed by atoms with Gasteiger partial charge in [0, 0.05) is 56.7 Å². The van der Waals surface area contributed by atoms with Crippen LogP contribution in [-0.2, 0) is 11.2 Å². The molecule has 45 heavy (non-hydrogen) atoms. The van der Waals surface area contributed by atoms with Crippen molar-refractivity contribution in [2.45, 2.75) is 18.9 Å². The minimum atomic E-state index is -1.22. The van der Waals surface area contributed by atoms with Crippen molar-refractivity contribution in [3.8, 4) is 11.8 Å². The van der Waals surface area contributed by atoms with E-state index in [9.17, 15) is 28.3 Å². The van der Waals surface area contributed by atoms with Gasteiger partial charge in [0.15, 0.2) is 24.0 Å². The lowest BCUT2D eigenvalue weighted by molar-refractivity contribution is -0.141. The number of aromatic amines is 1. The van der Waals surface area contributed by atoms with Gasteiger partial charge in [0.05, 0.1) is 22.6 Å². The quantitative estimate of drug-likeness (QED) is 0.291. The van der Waals surface area contributed by atoms with Crippen LogP contribution < -0.4 is 15.4 Å². The number of nitrogens with zero attached hydrogens (tertiary/aromatic N) is 4. The number of rotatable bonds is 8. The van der Waals surface area contributed by atoms with Gasteiger partial charge in [-0.05, 0) is 42.8 Å². The monoisotopic (exact) mass is 641 g/mol. The molecule has 2 atom stereocenters. The number of imidazole rings is 1. The van der Waals surface area contributed by atoms with E-state index < -0.39 is 36.2 Å². The van der Waals surface area contributed by atoms with Crippen LogP contribution >= 0.6 is 11.6 Å². The summed E-state index contributed by atoms with van der Waals surface area (Å²) in [5, 5.41) is 24.6. The van der Waals surface area contributed by atoms with E-state index in [1.807, 2.05) is 0 Å². The Labute approximate surface area is 261 Å². The van der Waals surface area contributed by atoms with Gasteiger partial charge in [-0.1, -0.05) is 17.7 Å². The predicted octanol–water partition coefficient (Wildman–Crippen LogP) is 2.34. The van der Waals surface area contributed by atoms with E-state index in [-0.39, 0.29) is 46.0 Å². The fraction of sp³-hybridized carbons (Fsp3) is 0.367. The van der Waals surface area contributed by atoms with Gasteiger partial charge < -0.3 is 35.3 Å². The molecule has 2 aliphatic rings. The molecule has 0 unspecified atom stereocenters. The Kier molecular flexibility index (Phi) is 9.92. The molecule has 5 rings (SSSR count). The number of hydrogen-bond acceptors (Lipinski definition) is 8. The van der Waals surface area contributed by atoms with E-state index in [4.69, 9.17) is 21.6 Å². The first kappa shape index (κ1) is 31.8. The number of hydrogen-bond donors (Lipinski definition) is 4. The molecule has 1 aromatic heterocycles. The molecule has 3 heterocycles. The SMILES string of the molecule is N#CCOc1ccc(Cc2cnc(C(=O)Nc3ccc(C(=O)N4CCN(C(=O)[C@@H]5CCNC[C@H]5O)CC4)c(Cl)c3)[nH]2)c(F)c1F. The van der Waals surface area contributed by atoms with E-state index in [2.05, 4.69) is 20.6 Å². The molecule has 4 N–H and O–H groups in total. The average Bonchev–Trinajstić information content (AvgIpc) is 3.51. The number of carbonyl (C=O) groups excluding carboxylic acids is 3. The molecular formula is C30H30ClF2N7O5. The summed E-state index contributed by atoms with van der Waals surface area (Å²) in [4.78, 5) is 48.9. The number of carbonyl (C=O) groups is 3. The van der Waals surface area contributed by atoms with Gasteiger partial charge in [-0.3, -0.25) is 14.4 Å². The molecule has 236 valence electrons. The zero-order chi connectivity index (χ0) is 32.1. The maximum absolute atomic E-state index is 14.5. The van der Waals surface area contributed by atoms with Crippen LogP contribution in [0.3, 0.4) is 0 Å². The van der Waals surface area contributed by atoms with Crippen LogP contribution in [0.2, 0.25) is 5.02 Å². The van der Waals surface area contributed by atoms with E-state index >= 15 is 0 Å². The van der Waals surface area contributed by atoms with Crippen molar-refractivity contribution in [2.24, 2.45) is 5.92 Å². The number of halogens is 3. The van der Waals surface area contributed by atoms with Crippen molar-refractivity contribution in [1.29, 1.82) is 5.26 Å². The Bertz CT molecular complexity index is 1640. The number of amides is 3. The summed E-state index contributed by atoms with van der Waals surface area (Å²) in [6.07, 6.45) is 1.07. The second kappa shape index (κ2) is 14.0. The number of β-amino-alcohol motifs (C(OH)–C–C–N with tert-alkyl or cyclic N) is 1. The molecular weight excluding hydrogens is 612 g/mol. The Morgan fingerprint density at radius 3 is 2.60 bits per heavy atom. The summed E-state index contributed by atoms with van der Waals surface area (Å²) in [5.74, 6) is -4.29. The van der Waals surface area contributed by atoms with Gasteiger partial charge in [-0.15, -0.1) is 0 Å². The van der Waals surface area contributed by atoms with Crippen molar-refractivity contribution in [2.75, 3.05) is 51.2 Å². The lowest BCUT2D eigenvalue weighted by Gasteiger charge is -2.38. The van der Waals surface area contributed by atoms with Crippen molar-refractivity contribution in [1.82, 2.24) is 25.1 Å². The topological polar surface area (TPSA) is 164 Å². The number of anilines is 1. The van der Waals surface area contributed by atoms with Crippen LogP contribution in [0.15, 0.2) is 36.5 Å². The summed E-state index contributed by atoms with van der Waals surface area (Å²) in [5.41, 5.74) is 0.878. The number of aliphatic hydroxyl groups excluding tert-OH is 1. The third-order valence-corrected chi connectivity index (χ3v) is 8.06. The first-order chi connectivity index (χ1) is 21.7. The molecule has 2 aliphatic heterocycles. The van der Waals surface area contributed by atoms with E-state index in [1.54, 1.807) is 15.9 Å². The van der Waals surface area contributed by atoms with Gasteiger partial charge in [0.2, 0.25) is 11.7 Å². The van der Waals surface area contributed by atoms with Gasteiger partial charge >= 0.3 is 0 Å². The molecule has 3 amide bonds. The summed E-state index contributed by atoms with van der Waals surface area (Å²) in [6.45, 7) is 1.96. The zero-order valence-electron chi connectivity index (χ0n) is 24.0. The molecule has 15 heteroatoms. The summed E-state index contributed by atoms with van der Waals surface area (Å²) < 4.78 is 33.6. The number of aromatic nitrogens is 2. The molecule has 2 aromatic carbocycles. The summed E-state index contributed by atoms with van der Waals surface area (Å²) >= 11 is 6.42. The largest absolute Gasteiger partial charge is 0.476 e. The third kappa shape index (κ3) is 7.22. The number of aliphatic hydroxyl groups is 1. The number of H-pyrrole nitrogens is 1. The van der Waals surface area contributed by atoms with Crippen molar-refractivity contribution < 1.29 is 33.0 Å². The Balaban J connectivity index is 1.16. The fourth-order valence-electron chi connectivity index (χ4n) is 5.32. The number of piperazine rings is 1. The maximum Gasteiger partial charge on any atom is 0.291 e. The first-order valence-electron chi connectivity index (χ1n) is 14.2. The van der Waals surface area contributed by atoms with Crippen LogP contribution in [-0.4, -0.2) is 94.6 Å². The number of ether oxygens (including phenoxy) is 1. The zero-order valence-corrected chi connectivity index (χ0v) is 24.7. The number of benzene rings is 2. The first-order valence-corrected chi connectivity index (χ1v) is 14.6. The minimum absolute atomic E-state index is 0.00645. The molecule has 2 saturated heterocycles. The number of nitriles is 1. The molecule has 3 aromatic rings.